The fourth-order valence-electron chi connectivity index (χ4n) is 3.41. The molecular formula is C20H20ClN5O2S2. The summed E-state index contributed by atoms with van der Waals surface area (Å²) in [6, 6.07) is 7.56. The van der Waals surface area contributed by atoms with Gasteiger partial charge in [0, 0.05) is 9.90 Å². The molecule has 0 bridgehead atoms. The number of carbonyl (C=O) groups excluding carboxylic acids is 1. The van der Waals surface area contributed by atoms with Crippen molar-refractivity contribution in [1.29, 1.82) is 0 Å². The maximum Gasteiger partial charge on any atom is 0.341 e. The van der Waals surface area contributed by atoms with Gasteiger partial charge in [0.05, 0.1) is 19.2 Å². The molecule has 0 amide bonds. The Morgan fingerprint density at radius 3 is 2.80 bits per heavy atom. The number of benzene rings is 1. The Labute approximate surface area is 188 Å². The topological polar surface area (TPSA) is 81.1 Å². The minimum absolute atomic E-state index is 0.322. The van der Waals surface area contributed by atoms with Crippen LogP contribution in [0.15, 0.2) is 30.6 Å². The minimum Gasteiger partial charge on any atom is -0.465 e. The summed E-state index contributed by atoms with van der Waals surface area (Å²) in [5.41, 5.74) is 2.72. The van der Waals surface area contributed by atoms with Gasteiger partial charge in [0.2, 0.25) is 5.95 Å². The van der Waals surface area contributed by atoms with Crippen LogP contribution in [0, 0.1) is 0 Å². The number of nitrogens with zero attached hydrogens (tertiary/aromatic N) is 3. The van der Waals surface area contributed by atoms with Crippen molar-refractivity contribution in [3.05, 3.63) is 57.2 Å². The fraction of sp³-hybridized carbons (Fsp3) is 0.300. The maximum atomic E-state index is 12.3. The third-order valence-corrected chi connectivity index (χ3v) is 6.47. The van der Waals surface area contributed by atoms with Crippen molar-refractivity contribution in [2.75, 3.05) is 17.7 Å². The molecule has 0 unspecified atom stereocenters. The van der Waals surface area contributed by atoms with Gasteiger partial charge in [-0.25, -0.2) is 14.5 Å². The Balaban J connectivity index is 1.44. The molecule has 0 saturated carbocycles. The standard InChI is InChI=1S/C20H20ClN5O2S2/c1-28-18(27)16-14-4-2-3-5-15(14)30-17(16)23-20(29)24-19-22-11-26(25-19)10-12-6-8-13(21)9-7-12/h6-9,11H,2-5,10H2,1H3,(H2,23,24,25,29). The second kappa shape index (κ2) is 9.11. The molecule has 0 fully saturated rings. The Hall–Kier alpha value is -2.49. The third kappa shape index (κ3) is 4.63. The molecule has 1 aliphatic rings. The number of aromatic nitrogens is 3. The highest BCUT2D eigenvalue weighted by Gasteiger charge is 2.26. The fourth-order valence-corrected chi connectivity index (χ4v) is 5.08. The predicted molar refractivity (Wildman–Crippen MR) is 123 cm³/mol. The molecule has 0 atom stereocenters. The zero-order valence-electron chi connectivity index (χ0n) is 16.3. The molecule has 156 valence electrons. The van der Waals surface area contributed by atoms with E-state index in [-0.39, 0.29) is 5.97 Å². The number of halogens is 1. The number of fused-ring (bicyclic) bond motifs is 1. The van der Waals surface area contributed by atoms with E-state index in [0.29, 0.717) is 33.2 Å². The monoisotopic (exact) mass is 461 g/mol. The van der Waals surface area contributed by atoms with Crippen LogP contribution in [0.1, 0.15) is 39.2 Å². The molecule has 10 heteroatoms. The van der Waals surface area contributed by atoms with Crippen molar-refractivity contribution in [2.45, 2.75) is 32.2 Å². The highest BCUT2D eigenvalue weighted by Crippen LogP contribution is 2.38. The van der Waals surface area contributed by atoms with Gasteiger partial charge in [-0.2, -0.15) is 0 Å². The molecule has 30 heavy (non-hydrogen) atoms. The van der Waals surface area contributed by atoms with E-state index in [1.165, 1.54) is 12.0 Å². The van der Waals surface area contributed by atoms with Crippen molar-refractivity contribution in [3.8, 4) is 0 Å². The van der Waals surface area contributed by atoms with Crippen LogP contribution in [-0.2, 0) is 24.1 Å². The number of ether oxygens (including phenoxy) is 1. The number of carbonyl (C=O) groups is 1. The molecule has 2 heterocycles. The lowest BCUT2D eigenvalue weighted by Crippen LogP contribution is -2.21. The number of rotatable bonds is 5. The van der Waals surface area contributed by atoms with Gasteiger partial charge >= 0.3 is 5.97 Å². The van der Waals surface area contributed by atoms with Gasteiger partial charge in [-0.15, -0.1) is 16.4 Å². The summed E-state index contributed by atoms with van der Waals surface area (Å²) < 4.78 is 6.70. The summed E-state index contributed by atoms with van der Waals surface area (Å²) >= 11 is 12.9. The van der Waals surface area contributed by atoms with Gasteiger partial charge < -0.3 is 10.1 Å². The van der Waals surface area contributed by atoms with Crippen LogP contribution < -0.4 is 10.6 Å². The molecule has 1 aliphatic carbocycles. The summed E-state index contributed by atoms with van der Waals surface area (Å²) in [6.45, 7) is 0.566. The van der Waals surface area contributed by atoms with Crippen molar-refractivity contribution in [3.63, 3.8) is 0 Å². The molecule has 0 aliphatic heterocycles. The SMILES string of the molecule is COC(=O)c1c(NC(=S)Nc2ncn(Cc3ccc(Cl)cc3)n2)sc2c1CCCC2. The number of methoxy groups -OCH3 is 1. The minimum atomic E-state index is -0.343. The van der Waals surface area contributed by atoms with Crippen molar-refractivity contribution in [2.24, 2.45) is 0 Å². The van der Waals surface area contributed by atoms with E-state index in [4.69, 9.17) is 28.6 Å². The Bertz CT molecular complexity index is 1080. The highest BCUT2D eigenvalue weighted by atomic mass is 35.5. The largest absolute Gasteiger partial charge is 0.465 e. The lowest BCUT2D eigenvalue weighted by molar-refractivity contribution is 0.0601. The first kappa shape index (κ1) is 20.8. The smallest absolute Gasteiger partial charge is 0.341 e. The Morgan fingerprint density at radius 1 is 1.27 bits per heavy atom. The lowest BCUT2D eigenvalue weighted by atomic mass is 9.95. The number of thiophene rings is 1. The van der Waals surface area contributed by atoms with E-state index in [1.807, 2.05) is 24.3 Å². The maximum absolute atomic E-state index is 12.3. The van der Waals surface area contributed by atoms with Crippen LogP contribution in [0.25, 0.3) is 0 Å². The molecule has 0 saturated heterocycles. The summed E-state index contributed by atoms with van der Waals surface area (Å²) in [7, 11) is 1.40. The quantitative estimate of drug-likeness (QED) is 0.427. The summed E-state index contributed by atoms with van der Waals surface area (Å²) in [5, 5.41) is 12.2. The van der Waals surface area contributed by atoms with Gasteiger partial charge in [-0.3, -0.25) is 5.32 Å². The average molecular weight is 462 g/mol. The van der Waals surface area contributed by atoms with E-state index < -0.39 is 0 Å². The van der Waals surface area contributed by atoms with E-state index in [0.717, 1.165) is 36.8 Å². The number of thiocarbonyl (C=S) groups is 1. The third-order valence-electron chi connectivity index (χ3n) is 4.81. The average Bonchev–Trinajstić information content (AvgIpc) is 3.32. The zero-order valence-corrected chi connectivity index (χ0v) is 18.7. The van der Waals surface area contributed by atoms with Crippen molar-refractivity contribution >= 4 is 57.2 Å². The van der Waals surface area contributed by atoms with Crippen LogP contribution in [0.2, 0.25) is 5.02 Å². The van der Waals surface area contributed by atoms with Gasteiger partial charge in [0.1, 0.15) is 11.3 Å². The number of esters is 1. The van der Waals surface area contributed by atoms with Gasteiger partial charge in [-0.05, 0) is 61.2 Å². The second-order valence-corrected chi connectivity index (χ2v) is 8.83. The lowest BCUT2D eigenvalue weighted by Gasteiger charge is -2.12. The first-order valence-corrected chi connectivity index (χ1v) is 11.1. The van der Waals surface area contributed by atoms with E-state index in [9.17, 15) is 4.79 Å². The summed E-state index contributed by atoms with van der Waals surface area (Å²) in [6.07, 6.45) is 5.69. The van der Waals surface area contributed by atoms with Crippen LogP contribution in [-0.4, -0.2) is 33.0 Å². The van der Waals surface area contributed by atoms with Gasteiger partial charge in [0.25, 0.3) is 0 Å². The number of hydrogen-bond donors (Lipinski definition) is 2. The number of hydrogen-bond acceptors (Lipinski definition) is 6. The molecule has 1 aromatic carbocycles. The van der Waals surface area contributed by atoms with Gasteiger partial charge in [0.15, 0.2) is 5.11 Å². The van der Waals surface area contributed by atoms with Crippen LogP contribution in [0.5, 0.6) is 0 Å². The summed E-state index contributed by atoms with van der Waals surface area (Å²) in [4.78, 5) is 17.8. The van der Waals surface area contributed by atoms with Gasteiger partial charge in [-0.1, -0.05) is 23.7 Å². The van der Waals surface area contributed by atoms with Crippen LogP contribution in [0.4, 0.5) is 10.9 Å². The normalized spacial score (nSPS) is 12.9. The van der Waals surface area contributed by atoms with Crippen molar-refractivity contribution in [1.82, 2.24) is 14.8 Å². The number of aryl methyl sites for hydroxylation is 1. The van der Waals surface area contributed by atoms with Crippen LogP contribution in [0.3, 0.4) is 0 Å². The molecule has 0 spiro atoms. The predicted octanol–water partition coefficient (Wildman–Crippen LogP) is 4.52. The molecular weight excluding hydrogens is 442 g/mol. The first-order valence-electron chi connectivity index (χ1n) is 9.48. The molecule has 7 nitrogen and oxygen atoms in total. The molecule has 0 radical (unpaired) electrons. The molecule has 2 aromatic heterocycles. The van der Waals surface area contributed by atoms with E-state index in [2.05, 4.69) is 20.7 Å². The second-order valence-electron chi connectivity index (χ2n) is 6.88. The molecule has 2 N–H and O–H groups in total. The van der Waals surface area contributed by atoms with E-state index >= 15 is 0 Å². The first-order chi connectivity index (χ1) is 14.5. The number of nitrogens with one attached hydrogen (secondary N) is 2. The summed E-state index contributed by atoms with van der Waals surface area (Å²) in [5.74, 6) is 0.0347. The van der Waals surface area contributed by atoms with E-state index in [1.54, 1.807) is 22.3 Å². The Kier molecular flexibility index (Phi) is 6.31. The zero-order chi connectivity index (χ0) is 21.1. The van der Waals surface area contributed by atoms with Crippen LogP contribution >= 0.6 is 35.2 Å². The van der Waals surface area contributed by atoms with Crippen molar-refractivity contribution < 1.29 is 9.53 Å². The molecule has 4 rings (SSSR count). The number of anilines is 2. The Morgan fingerprint density at radius 2 is 2.03 bits per heavy atom. The molecule has 3 aromatic rings. The highest BCUT2D eigenvalue weighted by molar-refractivity contribution is 7.80.